The van der Waals surface area contributed by atoms with E-state index in [9.17, 15) is 16.8 Å². The van der Waals surface area contributed by atoms with Crippen LogP contribution in [0, 0.1) is 0 Å². The van der Waals surface area contributed by atoms with Gasteiger partial charge in [-0.3, -0.25) is 4.72 Å². The monoisotopic (exact) mass is 284 g/mol. The Labute approximate surface area is 98.6 Å². The van der Waals surface area contributed by atoms with Crippen LogP contribution in [0.5, 0.6) is 0 Å². The zero-order valence-electron chi connectivity index (χ0n) is 8.21. The second kappa shape index (κ2) is 4.56. The molecular weight excluding hydrogens is 276 g/mol. The quantitative estimate of drug-likeness (QED) is 0.868. The van der Waals surface area contributed by atoms with E-state index in [1.165, 1.54) is 18.3 Å². The van der Waals surface area contributed by atoms with Crippen molar-refractivity contribution < 1.29 is 16.8 Å². The summed E-state index contributed by atoms with van der Waals surface area (Å²) in [6.45, 7) is 0. The average molecular weight is 285 g/mol. The maximum absolute atomic E-state index is 11.4. The Morgan fingerprint density at radius 1 is 1.38 bits per heavy atom. The van der Waals surface area contributed by atoms with E-state index in [0.717, 1.165) is 6.26 Å². The van der Waals surface area contributed by atoms with Crippen molar-refractivity contribution in [3.63, 3.8) is 0 Å². The molecule has 0 saturated carbocycles. The van der Waals surface area contributed by atoms with Crippen molar-refractivity contribution in [2.24, 2.45) is 0 Å². The SMILES string of the molecule is CS(=O)(=O)CS(=O)(=O)Nc1cc(Cl)ccn1. The van der Waals surface area contributed by atoms with Gasteiger partial charge in [0.25, 0.3) is 0 Å². The Hall–Kier alpha value is -0.860. The minimum Gasteiger partial charge on any atom is -0.266 e. The van der Waals surface area contributed by atoms with Crippen molar-refractivity contribution in [3.05, 3.63) is 23.4 Å². The lowest BCUT2D eigenvalue weighted by Crippen LogP contribution is -2.22. The maximum atomic E-state index is 11.4. The van der Waals surface area contributed by atoms with Crippen LogP contribution in [-0.2, 0) is 19.9 Å². The van der Waals surface area contributed by atoms with E-state index in [1.54, 1.807) is 0 Å². The summed E-state index contributed by atoms with van der Waals surface area (Å²) in [4.78, 5) is 3.69. The highest BCUT2D eigenvalue weighted by Gasteiger charge is 2.18. The van der Waals surface area contributed by atoms with Crippen LogP contribution in [0.2, 0.25) is 5.02 Å². The summed E-state index contributed by atoms with van der Waals surface area (Å²) in [6.07, 6.45) is 2.14. The van der Waals surface area contributed by atoms with E-state index >= 15 is 0 Å². The average Bonchev–Trinajstić information content (AvgIpc) is 1.96. The second-order valence-electron chi connectivity index (χ2n) is 3.12. The molecule has 0 aliphatic carbocycles. The molecule has 9 heteroatoms. The Kier molecular flexibility index (Phi) is 3.76. The highest BCUT2D eigenvalue weighted by atomic mass is 35.5. The minimum atomic E-state index is -3.97. The van der Waals surface area contributed by atoms with Gasteiger partial charge in [0.05, 0.1) is 0 Å². The molecule has 0 amide bonds. The van der Waals surface area contributed by atoms with Crippen molar-refractivity contribution in [2.75, 3.05) is 16.1 Å². The summed E-state index contributed by atoms with van der Waals surface area (Å²) in [5.74, 6) is -0.0175. The van der Waals surface area contributed by atoms with Crippen molar-refractivity contribution in [1.29, 1.82) is 0 Å². The summed E-state index contributed by atoms with van der Waals surface area (Å²) in [6, 6.07) is 2.75. The normalized spacial score (nSPS) is 12.4. The van der Waals surface area contributed by atoms with Gasteiger partial charge in [-0.25, -0.2) is 21.8 Å². The molecule has 0 radical (unpaired) electrons. The third kappa shape index (κ3) is 4.77. The minimum absolute atomic E-state index is 0.0175. The van der Waals surface area contributed by atoms with Crippen molar-refractivity contribution in [1.82, 2.24) is 4.98 Å². The van der Waals surface area contributed by atoms with Gasteiger partial charge in [0.2, 0.25) is 10.0 Å². The largest absolute Gasteiger partial charge is 0.266 e. The molecule has 0 spiro atoms. The van der Waals surface area contributed by atoms with Crippen LogP contribution in [0.15, 0.2) is 18.3 Å². The molecule has 0 bridgehead atoms. The molecule has 6 nitrogen and oxygen atoms in total. The van der Waals surface area contributed by atoms with E-state index in [2.05, 4.69) is 4.98 Å². The summed E-state index contributed by atoms with van der Waals surface area (Å²) in [7, 11) is -7.59. The summed E-state index contributed by atoms with van der Waals surface area (Å²) < 4.78 is 46.4. The lowest BCUT2D eigenvalue weighted by molar-refractivity contribution is 0.595. The number of halogens is 1. The fourth-order valence-corrected chi connectivity index (χ4v) is 4.01. The van der Waals surface area contributed by atoms with Crippen LogP contribution in [0.4, 0.5) is 5.82 Å². The first-order chi connectivity index (χ1) is 7.18. The van der Waals surface area contributed by atoms with Gasteiger partial charge in [-0.05, 0) is 6.07 Å². The van der Waals surface area contributed by atoms with E-state index in [-0.39, 0.29) is 5.82 Å². The summed E-state index contributed by atoms with van der Waals surface area (Å²) in [5.41, 5.74) is 0. The topological polar surface area (TPSA) is 93.2 Å². The Morgan fingerprint density at radius 2 is 2.00 bits per heavy atom. The molecule has 1 heterocycles. The van der Waals surface area contributed by atoms with Crippen molar-refractivity contribution >= 4 is 37.3 Å². The molecule has 16 heavy (non-hydrogen) atoms. The fourth-order valence-electron chi connectivity index (χ4n) is 0.931. The van der Waals surface area contributed by atoms with Crippen LogP contribution < -0.4 is 4.72 Å². The number of anilines is 1. The molecule has 1 aromatic heterocycles. The molecule has 0 aromatic carbocycles. The maximum Gasteiger partial charge on any atom is 0.248 e. The first kappa shape index (κ1) is 13.2. The van der Waals surface area contributed by atoms with E-state index < -0.39 is 24.9 Å². The number of sulfone groups is 1. The van der Waals surface area contributed by atoms with E-state index in [1.807, 2.05) is 4.72 Å². The molecule has 90 valence electrons. The Morgan fingerprint density at radius 3 is 2.50 bits per heavy atom. The Balaban J connectivity index is 2.90. The number of pyridine rings is 1. The van der Waals surface area contributed by atoms with Crippen LogP contribution in [-0.4, -0.2) is 33.2 Å². The number of hydrogen-bond donors (Lipinski definition) is 1. The molecule has 1 aromatic rings. The summed E-state index contributed by atoms with van der Waals surface area (Å²) >= 11 is 5.61. The third-order valence-electron chi connectivity index (χ3n) is 1.35. The van der Waals surface area contributed by atoms with Crippen molar-refractivity contribution in [3.8, 4) is 0 Å². The second-order valence-corrected chi connectivity index (χ2v) is 7.78. The lowest BCUT2D eigenvalue weighted by atomic mass is 10.5. The summed E-state index contributed by atoms with van der Waals surface area (Å²) in [5, 5.41) is -0.694. The van der Waals surface area contributed by atoms with Gasteiger partial charge in [-0.1, -0.05) is 11.6 Å². The molecular formula is C7H9ClN2O4S2. The smallest absolute Gasteiger partial charge is 0.248 e. The molecule has 1 N–H and O–H groups in total. The van der Waals surface area contributed by atoms with E-state index in [0.29, 0.717) is 5.02 Å². The standard InChI is InChI=1S/C7H9ClN2O4S2/c1-15(11,12)5-16(13,14)10-7-4-6(8)2-3-9-7/h2-4H,5H2,1H3,(H,9,10). The Bertz CT molecular complexity index is 582. The number of hydrogen-bond acceptors (Lipinski definition) is 5. The highest BCUT2D eigenvalue weighted by Crippen LogP contribution is 2.13. The van der Waals surface area contributed by atoms with Crippen molar-refractivity contribution in [2.45, 2.75) is 0 Å². The number of rotatable bonds is 4. The van der Waals surface area contributed by atoms with Crippen LogP contribution in [0.1, 0.15) is 0 Å². The van der Waals surface area contributed by atoms with Gasteiger partial charge in [-0.15, -0.1) is 0 Å². The van der Waals surface area contributed by atoms with Crippen LogP contribution in [0.25, 0.3) is 0 Å². The fraction of sp³-hybridized carbons (Fsp3) is 0.286. The molecule has 1 rings (SSSR count). The lowest BCUT2D eigenvalue weighted by Gasteiger charge is -2.05. The first-order valence-electron chi connectivity index (χ1n) is 3.98. The third-order valence-corrected chi connectivity index (χ3v) is 5.06. The molecule has 0 unspecified atom stereocenters. The van der Waals surface area contributed by atoms with Gasteiger partial charge in [-0.2, -0.15) is 0 Å². The molecule has 0 atom stereocenters. The number of nitrogens with zero attached hydrogens (tertiary/aromatic N) is 1. The van der Waals surface area contributed by atoms with Gasteiger partial charge >= 0.3 is 0 Å². The molecule has 0 aliphatic heterocycles. The zero-order chi connectivity index (χ0) is 12.4. The number of nitrogens with one attached hydrogen (secondary N) is 1. The van der Waals surface area contributed by atoms with Gasteiger partial charge < -0.3 is 0 Å². The predicted molar refractivity (Wildman–Crippen MR) is 61.5 cm³/mol. The van der Waals surface area contributed by atoms with E-state index in [4.69, 9.17) is 11.6 Å². The number of aromatic nitrogens is 1. The van der Waals surface area contributed by atoms with Gasteiger partial charge in [0, 0.05) is 23.5 Å². The number of sulfonamides is 1. The molecule has 0 fully saturated rings. The first-order valence-corrected chi connectivity index (χ1v) is 8.07. The zero-order valence-corrected chi connectivity index (χ0v) is 10.6. The van der Waals surface area contributed by atoms with Gasteiger partial charge in [0.15, 0.2) is 14.9 Å². The molecule has 0 saturated heterocycles. The van der Waals surface area contributed by atoms with Crippen LogP contribution >= 0.6 is 11.6 Å². The molecule has 0 aliphatic rings. The predicted octanol–water partition coefficient (Wildman–Crippen LogP) is 0.479. The van der Waals surface area contributed by atoms with Crippen LogP contribution in [0.3, 0.4) is 0 Å². The highest BCUT2D eigenvalue weighted by molar-refractivity contribution is 8.08. The van der Waals surface area contributed by atoms with Gasteiger partial charge in [0.1, 0.15) is 5.82 Å².